The molecule has 0 radical (unpaired) electrons. The summed E-state index contributed by atoms with van der Waals surface area (Å²) < 4.78 is 0. The average Bonchev–Trinajstić information content (AvgIpc) is 2.93. The van der Waals surface area contributed by atoms with E-state index in [0.29, 0.717) is 0 Å². The summed E-state index contributed by atoms with van der Waals surface area (Å²) in [5.74, 6) is 0.203. The average molecular weight is 275 g/mol. The molecule has 0 spiro atoms. The molecular weight excluding hydrogens is 250 g/mol. The molecule has 1 fully saturated rings. The van der Waals surface area contributed by atoms with E-state index >= 15 is 0 Å². The zero-order chi connectivity index (χ0) is 14.7. The second-order valence-corrected chi connectivity index (χ2v) is 5.79. The Kier molecular flexibility index (Phi) is 4.53. The predicted molar refractivity (Wildman–Crippen MR) is 84.4 cm³/mol. The number of hydrogen-bond donors (Lipinski definition) is 1. The van der Waals surface area contributed by atoms with Crippen LogP contribution in [0.15, 0.2) is 18.2 Å². The van der Waals surface area contributed by atoms with E-state index in [1.165, 1.54) is 11.3 Å². The summed E-state index contributed by atoms with van der Waals surface area (Å²) in [6.07, 6.45) is 2.27. The van der Waals surface area contributed by atoms with E-state index in [4.69, 9.17) is 0 Å². The van der Waals surface area contributed by atoms with E-state index in [9.17, 15) is 4.79 Å². The van der Waals surface area contributed by atoms with Crippen LogP contribution in [0.2, 0.25) is 0 Å². The molecule has 1 aromatic carbocycles. The Hall–Kier alpha value is -1.71. The largest absolute Gasteiger partial charge is 0.377 e. The molecule has 0 saturated carbocycles. The van der Waals surface area contributed by atoms with Crippen molar-refractivity contribution in [3.05, 3.63) is 23.8 Å². The smallest absolute Gasteiger partial charge is 0.244 e. The lowest BCUT2D eigenvalue weighted by molar-refractivity contribution is -0.130. The van der Waals surface area contributed by atoms with Crippen LogP contribution in [-0.4, -0.2) is 44.0 Å². The maximum Gasteiger partial charge on any atom is 0.244 e. The molecule has 1 saturated heterocycles. The van der Waals surface area contributed by atoms with E-state index in [1.54, 1.807) is 0 Å². The van der Waals surface area contributed by atoms with E-state index in [2.05, 4.69) is 29.3 Å². The summed E-state index contributed by atoms with van der Waals surface area (Å²) in [4.78, 5) is 16.3. The molecule has 1 unspecified atom stereocenters. The van der Waals surface area contributed by atoms with Gasteiger partial charge in [0.1, 0.15) is 6.04 Å². The first-order valence-electron chi connectivity index (χ1n) is 7.32. The van der Waals surface area contributed by atoms with Gasteiger partial charge in [0.15, 0.2) is 0 Å². The molecule has 2 rings (SSSR count). The van der Waals surface area contributed by atoms with Crippen LogP contribution in [0.5, 0.6) is 0 Å². The fraction of sp³-hybridized carbons (Fsp3) is 0.562. The Morgan fingerprint density at radius 3 is 2.55 bits per heavy atom. The Morgan fingerprint density at radius 1 is 1.30 bits per heavy atom. The summed E-state index contributed by atoms with van der Waals surface area (Å²) in [5, 5.41) is 3.32. The first-order chi connectivity index (χ1) is 9.49. The summed E-state index contributed by atoms with van der Waals surface area (Å²) in [5.41, 5.74) is 3.41. The molecule has 4 nitrogen and oxygen atoms in total. The van der Waals surface area contributed by atoms with Gasteiger partial charge in [0, 0.05) is 38.6 Å². The van der Waals surface area contributed by atoms with Gasteiger partial charge in [-0.05, 0) is 44.4 Å². The van der Waals surface area contributed by atoms with Crippen molar-refractivity contribution in [2.24, 2.45) is 0 Å². The maximum absolute atomic E-state index is 12.3. The molecule has 1 aliphatic heterocycles. The number of amides is 1. The third-order valence-corrected chi connectivity index (χ3v) is 3.86. The molecule has 1 N–H and O–H groups in total. The van der Waals surface area contributed by atoms with Crippen LogP contribution >= 0.6 is 0 Å². The van der Waals surface area contributed by atoms with Crippen LogP contribution in [0.3, 0.4) is 0 Å². The molecule has 4 heteroatoms. The minimum atomic E-state index is -0.175. The zero-order valence-corrected chi connectivity index (χ0v) is 12.9. The van der Waals surface area contributed by atoms with Crippen LogP contribution < -0.4 is 10.2 Å². The van der Waals surface area contributed by atoms with Crippen LogP contribution in [0.1, 0.15) is 25.3 Å². The first-order valence-corrected chi connectivity index (χ1v) is 7.32. The molecule has 1 aliphatic rings. The van der Waals surface area contributed by atoms with E-state index in [1.807, 2.05) is 32.0 Å². The van der Waals surface area contributed by atoms with Gasteiger partial charge in [-0.15, -0.1) is 0 Å². The Morgan fingerprint density at radius 2 is 1.95 bits per heavy atom. The lowest BCUT2D eigenvalue weighted by Gasteiger charge is -2.23. The van der Waals surface area contributed by atoms with Gasteiger partial charge in [-0.1, -0.05) is 6.07 Å². The Labute approximate surface area is 121 Å². The molecule has 1 aromatic rings. The molecule has 1 heterocycles. The molecule has 0 bridgehead atoms. The highest BCUT2D eigenvalue weighted by atomic mass is 16.2. The van der Waals surface area contributed by atoms with E-state index < -0.39 is 0 Å². The molecule has 0 aromatic heterocycles. The van der Waals surface area contributed by atoms with Crippen molar-refractivity contribution in [1.29, 1.82) is 0 Å². The van der Waals surface area contributed by atoms with Crippen molar-refractivity contribution in [2.45, 2.75) is 32.7 Å². The van der Waals surface area contributed by atoms with E-state index in [-0.39, 0.29) is 11.9 Å². The van der Waals surface area contributed by atoms with Gasteiger partial charge in [-0.2, -0.15) is 0 Å². The van der Waals surface area contributed by atoms with Crippen molar-refractivity contribution >= 4 is 17.3 Å². The number of hydrogen-bond acceptors (Lipinski definition) is 3. The fourth-order valence-corrected chi connectivity index (χ4v) is 2.70. The van der Waals surface area contributed by atoms with Crippen LogP contribution in [-0.2, 0) is 4.79 Å². The SMILES string of the molecule is Cc1ccc(NC(C)C(=O)N2CCCC2)cc1N(C)C. The third-order valence-electron chi connectivity index (χ3n) is 3.86. The lowest BCUT2D eigenvalue weighted by atomic mass is 10.1. The molecule has 110 valence electrons. The number of benzene rings is 1. The van der Waals surface area contributed by atoms with Crippen molar-refractivity contribution in [3.8, 4) is 0 Å². The normalized spacial score (nSPS) is 16.1. The number of likely N-dealkylation sites (tertiary alicyclic amines) is 1. The highest BCUT2D eigenvalue weighted by Crippen LogP contribution is 2.23. The van der Waals surface area contributed by atoms with Crippen molar-refractivity contribution in [3.63, 3.8) is 0 Å². The van der Waals surface area contributed by atoms with Gasteiger partial charge in [-0.25, -0.2) is 0 Å². The molecule has 1 atom stereocenters. The standard InChI is InChI=1S/C16H25N3O/c1-12-7-8-14(11-15(12)18(3)4)17-13(2)16(20)19-9-5-6-10-19/h7-8,11,13,17H,5-6,9-10H2,1-4H3. The second kappa shape index (κ2) is 6.16. The summed E-state index contributed by atoms with van der Waals surface area (Å²) in [7, 11) is 4.07. The number of nitrogens with zero attached hydrogens (tertiary/aromatic N) is 2. The maximum atomic E-state index is 12.3. The minimum Gasteiger partial charge on any atom is -0.377 e. The number of carbonyl (C=O) groups excluding carboxylic acids is 1. The number of aryl methyl sites for hydroxylation is 1. The monoisotopic (exact) mass is 275 g/mol. The molecule has 1 amide bonds. The number of nitrogens with one attached hydrogen (secondary N) is 1. The van der Waals surface area contributed by atoms with Gasteiger partial charge in [0.25, 0.3) is 0 Å². The Balaban J connectivity index is 2.05. The van der Waals surface area contributed by atoms with Gasteiger partial charge in [-0.3, -0.25) is 4.79 Å². The van der Waals surface area contributed by atoms with Gasteiger partial charge in [0.2, 0.25) is 5.91 Å². The number of carbonyl (C=O) groups is 1. The fourth-order valence-electron chi connectivity index (χ4n) is 2.70. The molecule has 20 heavy (non-hydrogen) atoms. The molecule has 0 aliphatic carbocycles. The van der Waals surface area contributed by atoms with Gasteiger partial charge in [0.05, 0.1) is 0 Å². The highest BCUT2D eigenvalue weighted by molar-refractivity contribution is 5.84. The third kappa shape index (κ3) is 3.24. The van der Waals surface area contributed by atoms with Crippen molar-refractivity contribution in [2.75, 3.05) is 37.4 Å². The minimum absolute atomic E-state index is 0.175. The first kappa shape index (κ1) is 14.7. The lowest BCUT2D eigenvalue weighted by Crippen LogP contribution is -2.39. The summed E-state index contributed by atoms with van der Waals surface area (Å²) >= 11 is 0. The predicted octanol–water partition coefficient (Wildman–Crippen LogP) is 2.48. The quantitative estimate of drug-likeness (QED) is 0.917. The van der Waals surface area contributed by atoms with Gasteiger partial charge >= 0.3 is 0 Å². The van der Waals surface area contributed by atoms with Crippen LogP contribution in [0, 0.1) is 6.92 Å². The zero-order valence-electron chi connectivity index (χ0n) is 12.9. The second-order valence-electron chi connectivity index (χ2n) is 5.79. The number of rotatable bonds is 4. The topological polar surface area (TPSA) is 35.6 Å². The summed E-state index contributed by atoms with van der Waals surface area (Å²) in [6.45, 7) is 5.84. The number of anilines is 2. The Bertz CT molecular complexity index is 479. The highest BCUT2D eigenvalue weighted by Gasteiger charge is 2.23. The van der Waals surface area contributed by atoms with E-state index in [0.717, 1.165) is 31.6 Å². The summed E-state index contributed by atoms with van der Waals surface area (Å²) in [6, 6.07) is 6.05. The molecular formula is C16H25N3O. The van der Waals surface area contributed by atoms with Crippen LogP contribution in [0.25, 0.3) is 0 Å². The van der Waals surface area contributed by atoms with Crippen molar-refractivity contribution in [1.82, 2.24) is 4.90 Å². The van der Waals surface area contributed by atoms with Gasteiger partial charge < -0.3 is 15.1 Å². The van der Waals surface area contributed by atoms with Crippen molar-refractivity contribution < 1.29 is 4.79 Å². The van der Waals surface area contributed by atoms with Crippen LogP contribution in [0.4, 0.5) is 11.4 Å².